The maximum Gasteiger partial charge on any atom is 1.00 e. The number of H-pyrrole nitrogens is 1. The molecule has 0 aliphatic carbocycles. The third-order valence-corrected chi connectivity index (χ3v) is 4.86. The van der Waals surface area contributed by atoms with Gasteiger partial charge in [-0.2, -0.15) is 22.8 Å². The number of nitrogens with zero attached hydrogens (tertiary/aromatic N) is 5. The van der Waals surface area contributed by atoms with Crippen LogP contribution in [0.4, 0.5) is 22.0 Å². The molecule has 0 saturated heterocycles. The molecule has 0 atom stereocenters. The van der Waals surface area contributed by atoms with Crippen molar-refractivity contribution in [2.45, 2.75) is 11.9 Å². The van der Waals surface area contributed by atoms with E-state index in [0.717, 1.165) is 0 Å². The number of rotatable bonds is 3. The first kappa shape index (κ1) is 47.0. The van der Waals surface area contributed by atoms with Gasteiger partial charge in [-0.1, -0.05) is 0 Å². The van der Waals surface area contributed by atoms with Crippen molar-refractivity contribution in [3.05, 3.63) is 18.4 Å². The van der Waals surface area contributed by atoms with Crippen molar-refractivity contribution in [1.82, 2.24) is 30.4 Å². The number of carbonyl (C=O) groups excluding carboxylic acids is 2. The van der Waals surface area contributed by atoms with Crippen LogP contribution in [0.15, 0.2) is 18.4 Å². The fourth-order valence-electron chi connectivity index (χ4n) is 0.577. The number of nitrogens with one attached hydrogen (secondary N) is 1. The zero-order chi connectivity index (χ0) is 25.2. The molecule has 0 aromatic carbocycles. The Kier molecular flexibility index (Phi) is 43.7. The van der Waals surface area contributed by atoms with Gasteiger partial charge in [0.2, 0.25) is 0 Å². The van der Waals surface area contributed by atoms with Gasteiger partial charge >= 0.3 is 179 Å². The summed E-state index contributed by atoms with van der Waals surface area (Å²) in [6, 6.07) is 0. The van der Waals surface area contributed by atoms with Gasteiger partial charge in [-0.15, -0.1) is 25.2 Å². The van der Waals surface area contributed by atoms with E-state index in [1.807, 2.05) is 0 Å². The van der Waals surface area contributed by atoms with Gasteiger partial charge in [0.1, 0.15) is 5.97 Å². The van der Waals surface area contributed by atoms with E-state index in [2.05, 4.69) is 106 Å². The van der Waals surface area contributed by atoms with E-state index in [-0.39, 0.29) is 184 Å². The maximum atomic E-state index is 11.8. The summed E-state index contributed by atoms with van der Waals surface area (Å²) in [5, 5.41) is 29.6. The first-order valence-corrected chi connectivity index (χ1v) is 9.37. The van der Waals surface area contributed by atoms with Gasteiger partial charge in [-0.05, 0) is 75.3 Å². The van der Waals surface area contributed by atoms with Crippen LogP contribution in [-0.4, -0.2) is 55.4 Å². The molecule has 176 valence electrons. The topological polar surface area (TPSA) is 162 Å². The SMILES string of the molecule is Brc1n[nH]nc1Br.FC(F)n1nc(Br)c(Br)n1.O=C([O-])C(F)(F)Cl.O=CO[O-].[2H]CF.[Cs+].[Cs+].[H-].[Na+]. The van der Waals surface area contributed by atoms with E-state index < -0.39 is 25.1 Å². The van der Waals surface area contributed by atoms with Crippen molar-refractivity contribution in [2.24, 2.45) is 0 Å². The van der Waals surface area contributed by atoms with Crippen LogP contribution in [0.2, 0.25) is 0 Å². The van der Waals surface area contributed by atoms with Crippen LogP contribution in [-0.2, 0) is 14.5 Å². The molecule has 0 fully saturated rings. The van der Waals surface area contributed by atoms with Crippen molar-refractivity contribution < 1.29 is 217 Å². The second-order valence-electron chi connectivity index (χ2n) is 3.26. The van der Waals surface area contributed by atoms with Crippen LogP contribution in [0.5, 0.6) is 0 Å². The Morgan fingerprint density at radius 1 is 1.21 bits per heavy atom. The molecule has 33 heavy (non-hydrogen) atoms. The van der Waals surface area contributed by atoms with Crippen molar-refractivity contribution in [3.63, 3.8) is 0 Å². The van der Waals surface area contributed by atoms with Gasteiger partial charge in [-0.3, -0.25) is 9.18 Å². The third-order valence-electron chi connectivity index (χ3n) is 1.46. The van der Waals surface area contributed by atoms with E-state index in [0.29, 0.717) is 14.0 Å². The van der Waals surface area contributed by atoms with E-state index in [1.54, 1.807) is 0 Å². The average molecular weight is 1020 g/mol. The molecule has 2 aromatic heterocycles. The Bertz CT molecular complexity index is 744. The van der Waals surface area contributed by atoms with Gasteiger partial charge in [0.15, 0.2) is 18.4 Å². The molecule has 0 aliphatic rings. The summed E-state index contributed by atoms with van der Waals surface area (Å²) in [7, 11) is -1.00. The minimum Gasteiger partial charge on any atom is -1.00 e. The molecule has 2 rings (SSSR count). The Labute approximate surface area is 363 Å². The van der Waals surface area contributed by atoms with Gasteiger partial charge in [0.25, 0.3) is 6.47 Å². The van der Waals surface area contributed by atoms with Crippen LogP contribution >= 0.6 is 75.3 Å². The molecule has 0 amide bonds. The number of halogens is 10. The van der Waals surface area contributed by atoms with E-state index >= 15 is 0 Å². The smallest absolute Gasteiger partial charge is 1.00 e. The van der Waals surface area contributed by atoms with Crippen LogP contribution in [0, 0.1) is 0 Å². The van der Waals surface area contributed by atoms with Gasteiger partial charge in [-0.25, -0.2) is 0 Å². The Hall–Kier alpha value is 4.14. The molecule has 0 unspecified atom stereocenters. The monoisotopic (exact) mass is 1010 g/mol. The maximum absolute atomic E-state index is 11.8. The summed E-state index contributed by atoms with van der Waals surface area (Å²) in [6.07, 6.45) is 0. The molecule has 11 nitrogen and oxygen atoms in total. The molecule has 2 aromatic rings. The molecular formula is C9H7Br4ClCs2F5N6NaO5. The summed E-state index contributed by atoms with van der Waals surface area (Å²) in [6.45, 7) is -2.87. The first-order valence-electron chi connectivity index (χ1n) is 6.53. The molecule has 2 heterocycles. The number of aromatic nitrogens is 6. The normalized spacial score (nSPS) is 8.91. The Morgan fingerprint density at radius 3 is 1.58 bits per heavy atom. The number of carboxylic acids is 1. The molecule has 24 heteroatoms. The molecule has 1 N–H and O–H groups in total. The fourth-order valence-corrected chi connectivity index (χ4v) is 1.40. The zero-order valence-corrected chi connectivity index (χ0v) is 38.1. The number of alkyl halides is 6. The van der Waals surface area contributed by atoms with Gasteiger partial charge in [0.05, 0.1) is 8.52 Å². The van der Waals surface area contributed by atoms with Crippen molar-refractivity contribution in [3.8, 4) is 0 Å². The summed E-state index contributed by atoms with van der Waals surface area (Å²) >= 11 is 15.9. The molecule has 0 spiro atoms. The van der Waals surface area contributed by atoms with E-state index in [1.165, 1.54) is 0 Å². The molecule has 0 bridgehead atoms. The molecule has 0 radical (unpaired) electrons. The first-order chi connectivity index (χ1) is 14.2. The average Bonchev–Trinajstić information content (AvgIpc) is 3.21. The molecular weight excluding hydrogens is 1010 g/mol. The summed E-state index contributed by atoms with van der Waals surface area (Å²) in [4.78, 5) is 20.6. The van der Waals surface area contributed by atoms with E-state index in [9.17, 15) is 22.0 Å². The Balaban J connectivity index is -0.0000000573. The molecule has 0 saturated carbocycles. The summed E-state index contributed by atoms with van der Waals surface area (Å²) in [5.74, 6) is -2.57. The second-order valence-corrected chi connectivity index (χ2v) is 6.74. The summed E-state index contributed by atoms with van der Waals surface area (Å²) < 4.78 is 62.9. The van der Waals surface area contributed by atoms with Crippen molar-refractivity contribution >= 4 is 87.8 Å². The standard InChI is InChI=1S/C3HBr2F2N3.C2HBr2N3.C2HClF2O2.CH3F.CH2O3.2Cs.Na.H/c4-1-2(5)9-10(8-1)3(6)7;3-1-2(4)6-7-5-1;3-2(4,5)1(6)7;1-2;2-1-4-3;;;;/h3H;(H,5,6,7);(H,6,7);1H3;1,3H;;;;/q;;;;;3*+1;-1/p-2/i;;;1D;;;;;. The van der Waals surface area contributed by atoms with Crippen LogP contribution in [0.25, 0.3) is 0 Å². The number of aromatic amines is 1. The van der Waals surface area contributed by atoms with Crippen LogP contribution in [0.1, 0.15) is 9.35 Å². The minimum absolute atomic E-state index is 0. The van der Waals surface area contributed by atoms with Gasteiger partial charge < -0.3 is 21.5 Å². The predicted octanol–water partition coefficient (Wildman–Crippen LogP) is -6.76. The van der Waals surface area contributed by atoms with Crippen molar-refractivity contribution in [1.29, 1.82) is 0 Å². The number of carboxylic acid groups (broad SMARTS) is 1. The second kappa shape index (κ2) is 30.7. The van der Waals surface area contributed by atoms with Crippen molar-refractivity contribution in [2.75, 3.05) is 7.15 Å². The largest absolute Gasteiger partial charge is 1.00 e. The Morgan fingerprint density at radius 2 is 1.48 bits per heavy atom. The van der Waals surface area contributed by atoms with Crippen LogP contribution < -0.4 is 178 Å². The van der Waals surface area contributed by atoms with E-state index in [4.69, 9.17) is 21.3 Å². The minimum atomic E-state index is -4.22. The quantitative estimate of drug-likeness (QED) is 0.0788. The fraction of sp³-hybridized carbons (Fsp3) is 0.333. The number of aliphatic carboxylic acids is 1. The predicted molar refractivity (Wildman–Crippen MR) is 99.6 cm³/mol. The van der Waals surface area contributed by atoms with Gasteiger partial charge in [0, 0.05) is 0 Å². The molecule has 0 aliphatic heterocycles. The zero-order valence-electron chi connectivity index (χ0n) is 18.4. The summed E-state index contributed by atoms with van der Waals surface area (Å²) in [5.41, 5.74) is 0. The number of hydrogen-bond donors (Lipinski definition) is 1. The number of carbonyl (C=O) groups is 2. The third kappa shape index (κ3) is 30.5. The van der Waals surface area contributed by atoms with Crippen LogP contribution in [0.3, 0.4) is 0 Å². The number of hydrogen-bond acceptors (Lipinski definition) is 9.